The number of hydrogen-bond donors (Lipinski definition) is 1. The summed E-state index contributed by atoms with van der Waals surface area (Å²) in [6.45, 7) is 2.13. The van der Waals surface area contributed by atoms with E-state index in [4.69, 9.17) is 4.74 Å². The molecule has 1 unspecified atom stereocenters. The molecule has 1 saturated carbocycles. The highest BCUT2D eigenvalue weighted by Crippen LogP contribution is 2.36. The predicted molar refractivity (Wildman–Crippen MR) is 95.1 cm³/mol. The van der Waals surface area contributed by atoms with Crippen LogP contribution >= 0.6 is 0 Å². The molecule has 0 saturated heterocycles. The molecular weight excluding hydrogens is 335 g/mol. The number of rotatable bonds is 3. The molecule has 1 N–H and O–H groups in total. The average molecular weight is 354 g/mol. The molecule has 26 heavy (non-hydrogen) atoms. The smallest absolute Gasteiger partial charge is 0.258 e. The molecule has 4 rings (SSSR count). The Morgan fingerprint density at radius 3 is 2.50 bits per heavy atom. The Morgan fingerprint density at radius 1 is 1.12 bits per heavy atom. The second-order valence-electron chi connectivity index (χ2n) is 6.76. The average Bonchev–Trinajstić information content (AvgIpc) is 3.45. The Morgan fingerprint density at radius 2 is 1.81 bits per heavy atom. The Labute approximate surface area is 150 Å². The summed E-state index contributed by atoms with van der Waals surface area (Å²) in [7, 11) is 0. The van der Waals surface area contributed by atoms with E-state index in [-0.39, 0.29) is 29.7 Å². The SMILES string of the molecule is CC1CN(C(=O)c2ccc(C(=O)NC3CC3)cc2)c2cccc(F)c2O1. The molecule has 1 aliphatic carbocycles. The number of fused-ring (bicyclic) bond motifs is 1. The van der Waals surface area contributed by atoms with E-state index in [2.05, 4.69) is 5.32 Å². The number of para-hydroxylation sites is 1. The van der Waals surface area contributed by atoms with Crippen molar-refractivity contribution in [2.75, 3.05) is 11.4 Å². The minimum absolute atomic E-state index is 0.0973. The lowest BCUT2D eigenvalue weighted by Crippen LogP contribution is -2.42. The third-order valence-electron chi connectivity index (χ3n) is 4.55. The standard InChI is InChI=1S/C20H19FN2O3/c1-12-11-23(17-4-2-3-16(21)18(17)26-12)20(25)14-7-5-13(6-8-14)19(24)22-15-9-10-15/h2-8,12,15H,9-11H2,1H3,(H,22,24). The third-order valence-corrected chi connectivity index (χ3v) is 4.55. The summed E-state index contributed by atoms with van der Waals surface area (Å²) in [5.41, 5.74) is 1.39. The van der Waals surface area contributed by atoms with Gasteiger partial charge in [-0.25, -0.2) is 4.39 Å². The molecule has 0 aromatic heterocycles. The largest absolute Gasteiger partial charge is 0.484 e. The highest BCUT2D eigenvalue weighted by molar-refractivity contribution is 6.07. The lowest BCUT2D eigenvalue weighted by atomic mass is 10.1. The van der Waals surface area contributed by atoms with E-state index in [0.717, 1.165) is 12.8 Å². The Bertz CT molecular complexity index is 862. The summed E-state index contributed by atoms with van der Waals surface area (Å²) >= 11 is 0. The lowest BCUT2D eigenvalue weighted by molar-refractivity contribution is 0.0943. The van der Waals surface area contributed by atoms with Gasteiger partial charge in [0.1, 0.15) is 6.10 Å². The predicted octanol–water partition coefficient (Wildman–Crippen LogP) is 3.15. The summed E-state index contributed by atoms with van der Waals surface area (Å²) in [6, 6.07) is 11.4. The molecule has 6 heteroatoms. The fraction of sp³-hybridized carbons (Fsp3) is 0.300. The lowest BCUT2D eigenvalue weighted by Gasteiger charge is -2.33. The third kappa shape index (κ3) is 3.14. The topological polar surface area (TPSA) is 58.6 Å². The van der Waals surface area contributed by atoms with Crippen molar-refractivity contribution in [2.45, 2.75) is 31.9 Å². The number of amides is 2. The molecule has 134 valence electrons. The minimum Gasteiger partial charge on any atom is -0.484 e. The zero-order chi connectivity index (χ0) is 18.3. The van der Waals surface area contributed by atoms with Crippen molar-refractivity contribution in [2.24, 2.45) is 0 Å². The van der Waals surface area contributed by atoms with Crippen LogP contribution < -0.4 is 15.0 Å². The van der Waals surface area contributed by atoms with Crippen molar-refractivity contribution in [3.8, 4) is 5.75 Å². The maximum Gasteiger partial charge on any atom is 0.258 e. The summed E-state index contributed by atoms with van der Waals surface area (Å²) in [6.07, 6.45) is 1.73. The maximum atomic E-state index is 14.0. The maximum absolute atomic E-state index is 14.0. The van der Waals surface area contributed by atoms with Crippen LogP contribution in [-0.2, 0) is 0 Å². The van der Waals surface area contributed by atoms with Gasteiger partial charge in [-0.15, -0.1) is 0 Å². The van der Waals surface area contributed by atoms with Gasteiger partial charge in [0.05, 0.1) is 12.2 Å². The molecule has 1 heterocycles. The summed E-state index contributed by atoms with van der Waals surface area (Å²) < 4.78 is 19.6. The number of ether oxygens (including phenoxy) is 1. The first kappa shape index (κ1) is 16.6. The quantitative estimate of drug-likeness (QED) is 0.921. The molecular formula is C20H19FN2O3. The van der Waals surface area contributed by atoms with Crippen molar-refractivity contribution in [1.29, 1.82) is 0 Å². The van der Waals surface area contributed by atoms with Gasteiger partial charge in [-0.1, -0.05) is 6.07 Å². The van der Waals surface area contributed by atoms with E-state index in [1.54, 1.807) is 43.3 Å². The van der Waals surface area contributed by atoms with Crippen molar-refractivity contribution in [3.05, 3.63) is 59.4 Å². The van der Waals surface area contributed by atoms with Crippen LogP contribution in [0.1, 0.15) is 40.5 Å². The Hall–Kier alpha value is -2.89. The Balaban J connectivity index is 1.58. The summed E-state index contributed by atoms with van der Waals surface area (Å²) in [5.74, 6) is -0.765. The highest BCUT2D eigenvalue weighted by Gasteiger charge is 2.30. The van der Waals surface area contributed by atoms with Crippen molar-refractivity contribution < 1.29 is 18.7 Å². The number of nitrogens with zero attached hydrogens (tertiary/aromatic N) is 1. The number of halogens is 1. The first-order valence-corrected chi connectivity index (χ1v) is 8.71. The number of anilines is 1. The zero-order valence-electron chi connectivity index (χ0n) is 14.4. The van der Waals surface area contributed by atoms with Gasteiger partial charge in [0, 0.05) is 17.2 Å². The van der Waals surface area contributed by atoms with Gasteiger partial charge in [0.2, 0.25) is 0 Å². The normalized spacial score (nSPS) is 18.7. The van der Waals surface area contributed by atoms with E-state index in [0.29, 0.717) is 23.4 Å². The molecule has 2 amide bonds. The molecule has 1 aliphatic heterocycles. The van der Waals surface area contributed by atoms with Crippen LogP contribution in [0.2, 0.25) is 0 Å². The summed E-state index contributed by atoms with van der Waals surface area (Å²) in [5, 5.41) is 2.91. The molecule has 1 atom stereocenters. The molecule has 2 aliphatic rings. The molecule has 0 radical (unpaired) electrons. The van der Waals surface area contributed by atoms with Crippen LogP contribution in [0, 0.1) is 5.82 Å². The number of carbonyl (C=O) groups excluding carboxylic acids is 2. The van der Waals surface area contributed by atoms with Gasteiger partial charge >= 0.3 is 0 Å². The number of nitrogens with one attached hydrogen (secondary N) is 1. The van der Waals surface area contributed by atoms with Crippen molar-refractivity contribution in [3.63, 3.8) is 0 Å². The first-order valence-electron chi connectivity index (χ1n) is 8.71. The molecule has 0 bridgehead atoms. The van der Waals surface area contributed by atoms with Crippen molar-refractivity contribution >= 4 is 17.5 Å². The van der Waals surface area contributed by atoms with Gasteiger partial charge in [0.15, 0.2) is 11.6 Å². The number of carbonyl (C=O) groups is 2. The fourth-order valence-electron chi connectivity index (χ4n) is 3.03. The van der Waals surface area contributed by atoms with Gasteiger partial charge in [0.25, 0.3) is 11.8 Å². The molecule has 0 spiro atoms. The van der Waals surface area contributed by atoms with Crippen LogP contribution in [0.4, 0.5) is 10.1 Å². The van der Waals surface area contributed by atoms with Crippen LogP contribution in [0.15, 0.2) is 42.5 Å². The van der Waals surface area contributed by atoms with Crippen LogP contribution in [0.3, 0.4) is 0 Å². The molecule has 2 aromatic carbocycles. The molecule has 2 aromatic rings. The van der Waals surface area contributed by atoms with Gasteiger partial charge < -0.3 is 15.0 Å². The van der Waals surface area contributed by atoms with Crippen molar-refractivity contribution in [1.82, 2.24) is 5.32 Å². The van der Waals surface area contributed by atoms with Gasteiger partial charge in [-0.3, -0.25) is 9.59 Å². The van der Waals surface area contributed by atoms with E-state index >= 15 is 0 Å². The van der Waals surface area contributed by atoms with Gasteiger partial charge in [-0.05, 0) is 56.2 Å². The van der Waals surface area contributed by atoms with Gasteiger partial charge in [-0.2, -0.15) is 0 Å². The minimum atomic E-state index is -0.487. The second-order valence-corrected chi connectivity index (χ2v) is 6.76. The fourth-order valence-corrected chi connectivity index (χ4v) is 3.03. The Kier molecular flexibility index (Phi) is 4.11. The van der Waals surface area contributed by atoms with Crippen LogP contribution in [0.25, 0.3) is 0 Å². The van der Waals surface area contributed by atoms with E-state index < -0.39 is 5.82 Å². The number of hydrogen-bond acceptors (Lipinski definition) is 3. The van der Waals surface area contributed by atoms with E-state index in [1.807, 2.05) is 0 Å². The number of benzene rings is 2. The zero-order valence-corrected chi connectivity index (χ0v) is 14.4. The molecule has 1 fully saturated rings. The van der Waals surface area contributed by atoms with Crippen LogP contribution in [-0.4, -0.2) is 30.5 Å². The van der Waals surface area contributed by atoms with Crippen LogP contribution in [0.5, 0.6) is 5.75 Å². The summed E-state index contributed by atoms with van der Waals surface area (Å²) in [4.78, 5) is 26.5. The van der Waals surface area contributed by atoms with E-state index in [9.17, 15) is 14.0 Å². The second kappa shape index (κ2) is 6.44. The van der Waals surface area contributed by atoms with E-state index in [1.165, 1.54) is 11.0 Å². The monoisotopic (exact) mass is 354 g/mol. The highest BCUT2D eigenvalue weighted by atomic mass is 19.1. The molecule has 5 nitrogen and oxygen atoms in total. The first-order chi connectivity index (χ1) is 12.5.